The maximum Gasteiger partial charge on any atom is 0.174 e. The summed E-state index contributed by atoms with van der Waals surface area (Å²) < 4.78 is 2.38. The van der Waals surface area contributed by atoms with E-state index < -0.39 is 0 Å². The first-order chi connectivity index (χ1) is 16.4. The highest BCUT2D eigenvalue weighted by Gasteiger charge is 2.42. The van der Waals surface area contributed by atoms with Gasteiger partial charge in [0.15, 0.2) is 5.11 Å². The van der Waals surface area contributed by atoms with Gasteiger partial charge in [-0.3, -0.25) is 9.97 Å². The standard InChI is InChI=1S/C28H29N5S/c1-18-8-9-23(15-19(18)2)33-27(26(31-28(33)34)25-7-5-6-12-30-25)24-16-20(3)32(21(24)4)17-22-10-13-29-14-11-22/h5-16,26-27H,17H2,1-4H3,(H,31,34)/t26-,27+/m0/s1. The minimum absolute atomic E-state index is 0.0121. The van der Waals surface area contributed by atoms with Gasteiger partial charge in [-0.25, -0.2) is 0 Å². The number of aryl methyl sites for hydroxylation is 3. The molecule has 3 aromatic heterocycles. The molecule has 0 bridgehead atoms. The maximum absolute atomic E-state index is 5.91. The number of hydrogen-bond acceptors (Lipinski definition) is 3. The molecule has 4 heterocycles. The van der Waals surface area contributed by atoms with Crippen LogP contribution in [0.5, 0.6) is 0 Å². The van der Waals surface area contributed by atoms with E-state index in [1.807, 2.05) is 30.7 Å². The highest BCUT2D eigenvalue weighted by molar-refractivity contribution is 7.80. The Kier molecular flexibility index (Phi) is 5.92. The Morgan fingerprint density at radius 2 is 1.71 bits per heavy atom. The van der Waals surface area contributed by atoms with Gasteiger partial charge in [0.1, 0.15) is 0 Å². The maximum atomic E-state index is 5.91. The molecule has 4 aromatic rings. The minimum Gasteiger partial charge on any atom is -0.351 e. The highest BCUT2D eigenvalue weighted by Crippen LogP contribution is 2.43. The van der Waals surface area contributed by atoms with Crippen molar-refractivity contribution < 1.29 is 0 Å². The molecule has 5 nitrogen and oxygen atoms in total. The van der Waals surface area contributed by atoms with Crippen molar-refractivity contribution in [3.05, 3.63) is 113 Å². The lowest BCUT2D eigenvalue weighted by Gasteiger charge is -2.28. The molecule has 5 rings (SSSR count). The molecule has 1 fully saturated rings. The summed E-state index contributed by atoms with van der Waals surface area (Å²) in [5, 5.41) is 4.31. The van der Waals surface area contributed by atoms with Crippen LogP contribution < -0.4 is 10.2 Å². The normalized spacial score (nSPS) is 17.8. The molecule has 1 aliphatic rings. The van der Waals surface area contributed by atoms with Crippen LogP contribution in [0.25, 0.3) is 0 Å². The smallest absolute Gasteiger partial charge is 0.174 e. The first kappa shape index (κ1) is 22.3. The number of nitrogens with one attached hydrogen (secondary N) is 1. The van der Waals surface area contributed by atoms with Crippen LogP contribution in [0.4, 0.5) is 5.69 Å². The number of hydrogen-bond donors (Lipinski definition) is 1. The minimum atomic E-state index is -0.0508. The van der Waals surface area contributed by atoms with Crippen molar-refractivity contribution >= 4 is 23.0 Å². The van der Waals surface area contributed by atoms with Crippen LogP contribution in [-0.2, 0) is 6.54 Å². The van der Waals surface area contributed by atoms with E-state index in [1.54, 1.807) is 0 Å². The van der Waals surface area contributed by atoms with Crippen LogP contribution in [0.1, 0.15) is 51.4 Å². The van der Waals surface area contributed by atoms with Crippen LogP contribution in [-0.4, -0.2) is 19.6 Å². The second-order valence-corrected chi connectivity index (χ2v) is 9.42. The third kappa shape index (κ3) is 3.99. The van der Waals surface area contributed by atoms with Crippen molar-refractivity contribution in [3.63, 3.8) is 0 Å². The molecule has 6 heteroatoms. The second kappa shape index (κ2) is 9.03. The lowest BCUT2D eigenvalue weighted by Crippen LogP contribution is -2.29. The number of aromatic nitrogens is 3. The van der Waals surface area contributed by atoms with Gasteiger partial charge in [0.25, 0.3) is 0 Å². The van der Waals surface area contributed by atoms with Gasteiger partial charge in [-0.15, -0.1) is 0 Å². The van der Waals surface area contributed by atoms with E-state index in [4.69, 9.17) is 17.2 Å². The van der Waals surface area contributed by atoms with Crippen molar-refractivity contribution in [2.75, 3.05) is 4.90 Å². The van der Waals surface area contributed by atoms with Crippen molar-refractivity contribution in [2.24, 2.45) is 0 Å². The van der Waals surface area contributed by atoms with Crippen molar-refractivity contribution in [1.29, 1.82) is 0 Å². The zero-order valence-electron chi connectivity index (χ0n) is 20.0. The molecule has 34 heavy (non-hydrogen) atoms. The molecule has 2 atom stereocenters. The summed E-state index contributed by atoms with van der Waals surface area (Å²) >= 11 is 5.91. The molecular weight excluding hydrogens is 438 g/mol. The third-order valence-electron chi connectivity index (χ3n) is 6.89. The molecule has 0 spiro atoms. The van der Waals surface area contributed by atoms with E-state index >= 15 is 0 Å². The molecule has 172 valence electrons. The van der Waals surface area contributed by atoms with E-state index in [9.17, 15) is 0 Å². The van der Waals surface area contributed by atoms with Crippen LogP contribution >= 0.6 is 12.2 Å². The first-order valence-electron chi connectivity index (χ1n) is 11.6. The number of pyridine rings is 2. The Balaban J connectivity index is 1.63. The van der Waals surface area contributed by atoms with Crippen molar-refractivity contribution in [3.8, 4) is 0 Å². The number of rotatable bonds is 5. The van der Waals surface area contributed by atoms with E-state index in [0.717, 1.165) is 23.0 Å². The Hall–Kier alpha value is -3.51. The van der Waals surface area contributed by atoms with Crippen molar-refractivity contribution in [2.45, 2.75) is 46.3 Å². The molecule has 1 aliphatic heterocycles. The Morgan fingerprint density at radius 1 is 0.912 bits per heavy atom. The fraction of sp³-hybridized carbons (Fsp3) is 0.250. The lowest BCUT2D eigenvalue weighted by molar-refractivity contribution is 0.563. The predicted octanol–water partition coefficient (Wildman–Crippen LogP) is 5.74. The SMILES string of the molecule is Cc1ccc(N2C(=S)N[C@@H](c3ccccn3)[C@H]2c2cc(C)n(Cc3ccncc3)c2C)cc1C. The van der Waals surface area contributed by atoms with E-state index in [-0.39, 0.29) is 12.1 Å². The number of benzene rings is 1. The summed E-state index contributed by atoms with van der Waals surface area (Å²) in [6.45, 7) is 9.48. The van der Waals surface area contributed by atoms with E-state index in [2.05, 4.69) is 89.9 Å². The van der Waals surface area contributed by atoms with E-state index in [1.165, 1.54) is 33.6 Å². The zero-order valence-corrected chi connectivity index (χ0v) is 20.8. The lowest BCUT2D eigenvalue weighted by atomic mass is 9.96. The summed E-state index contributed by atoms with van der Waals surface area (Å²) in [6.07, 6.45) is 5.55. The first-order valence-corrected chi connectivity index (χ1v) is 12.0. The summed E-state index contributed by atoms with van der Waals surface area (Å²) in [6, 6.07) is 19.0. The van der Waals surface area contributed by atoms with Gasteiger partial charge in [0.2, 0.25) is 0 Å². The number of nitrogens with zero attached hydrogens (tertiary/aromatic N) is 4. The van der Waals surface area contributed by atoms with Gasteiger partial charge in [-0.1, -0.05) is 12.1 Å². The Bertz CT molecular complexity index is 1330. The fourth-order valence-corrected chi connectivity index (χ4v) is 5.21. The average molecular weight is 468 g/mol. The second-order valence-electron chi connectivity index (χ2n) is 9.03. The third-order valence-corrected chi connectivity index (χ3v) is 7.20. The van der Waals surface area contributed by atoms with Gasteiger partial charge in [-0.05, 0) is 105 Å². The molecule has 0 unspecified atom stereocenters. The van der Waals surface area contributed by atoms with Crippen molar-refractivity contribution in [1.82, 2.24) is 19.9 Å². The summed E-state index contributed by atoms with van der Waals surface area (Å²) in [5.41, 5.74) is 9.56. The Morgan fingerprint density at radius 3 is 2.41 bits per heavy atom. The molecule has 1 saturated heterocycles. The van der Waals surface area contributed by atoms with Crippen LogP contribution in [0.15, 0.2) is 73.2 Å². The van der Waals surface area contributed by atoms with Crippen LogP contribution in [0.3, 0.4) is 0 Å². The molecular formula is C28H29N5S. The van der Waals surface area contributed by atoms with Crippen LogP contribution in [0.2, 0.25) is 0 Å². The number of thiocarbonyl (C=S) groups is 1. The molecule has 1 aromatic carbocycles. The molecule has 1 N–H and O–H groups in total. The summed E-state index contributed by atoms with van der Waals surface area (Å²) in [5.74, 6) is 0. The quantitative estimate of drug-likeness (QED) is 0.380. The van der Waals surface area contributed by atoms with Gasteiger partial charge in [-0.2, -0.15) is 0 Å². The average Bonchev–Trinajstić information content (AvgIpc) is 3.33. The van der Waals surface area contributed by atoms with Gasteiger partial charge in [0, 0.05) is 42.2 Å². The number of anilines is 1. The largest absolute Gasteiger partial charge is 0.351 e. The monoisotopic (exact) mass is 467 g/mol. The molecule has 0 aliphatic carbocycles. The Labute approximate surface area is 206 Å². The molecule has 0 amide bonds. The summed E-state index contributed by atoms with van der Waals surface area (Å²) in [7, 11) is 0. The van der Waals surface area contributed by atoms with E-state index in [0.29, 0.717) is 0 Å². The van der Waals surface area contributed by atoms with Gasteiger partial charge in [0.05, 0.1) is 17.8 Å². The predicted molar refractivity (Wildman–Crippen MR) is 141 cm³/mol. The van der Waals surface area contributed by atoms with Crippen LogP contribution in [0, 0.1) is 27.7 Å². The topological polar surface area (TPSA) is 46.0 Å². The molecule has 0 saturated carbocycles. The van der Waals surface area contributed by atoms with Gasteiger partial charge >= 0.3 is 0 Å². The van der Waals surface area contributed by atoms with Gasteiger partial charge < -0.3 is 14.8 Å². The molecule has 0 radical (unpaired) electrons. The fourth-order valence-electron chi connectivity index (χ4n) is 4.87. The highest BCUT2D eigenvalue weighted by atomic mass is 32.1. The summed E-state index contributed by atoms with van der Waals surface area (Å²) in [4.78, 5) is 11.1. The zero-order chi connectivity index (χ0) is 23.8.